The monoisotopic (exact) mass is 274 g/mol. The molecule has 0 saturated carbocycles. The molecule has 1 fully saturated rings. The third-order valence-electron chi connectivity index (χ3n) is 3.05. The van der Waals surface area contributed by atoms with Crippen molar-refractivity contribution >= 4 is 12.3 Å². The summed E-state index contributed by atoms with van der Waals surface area (Å²) in [6.45, 7) is 6.99. The van der Waals surface area contributed by atoms with Crippen LogP contribution in [0.5, 0.6) is 0 Å². The molecule has 1 atom stereocenters. The molecule has 2 rings (SSSR count). The molecule has 108 valence electrons. The number of rotatable bonds is 2. The smallest absolute Gasteiger partial charge is 0.410 e. The molecule has 1 unspecified atom stereocenters. The fourth-order valence-electron chi connectivity index (χ4n) is 2.09. The number of amides is 1. The number of hydrogen-bond acceptors (Lipinski definition) is 3. The summed E-state index contributed by atoms with van der Waals surface area (Å²) < 4.78 is 5.37. The van der Waals surface area contributed by atoms with Gasteiger partial charge in [-0.05, 0) is 32.8 Å². The summed E-state index contributed by atoms with van der Waals surface area (Å²) in [6.07, 6.45) is 2.53. The Morgan fingerprint density at radius 3 is 2.70 bits per heavy atom. The maximum Gasteiger partial charge on any atom is 0.410 e. The molecule has 0 spiro atoms. The first-order valence-corrected chi connectivity index (χ1v) is 7.00. The maximum absolute atomic E-state index is 11.9. The van der Waals surface area contributed by atoms with Crippen LogP contribution in [0.15, 0.2) is 35.3 Å². The van der Waals surface area contributed by atoms with Crippen LogP contribution in [0.4, 0.5) is 4.79 Å². The molecule has 1 amide bonds. The molecule has 0 aliphatic carbocycles. The van der Waals surface area contributed by atoms with Gasteiger partial charge < -0.3 is 9.64 Å². The topological polar surface area (TPSA) is 41.9 Å². The Morgan fingerprint density at radius 2 is 2.05 bits per heavy atom. The van der Waals surface area contributed by atoms with Crippen LogP contribution >= 0.6 is 0 Å². The van der Waals surface area contributed by atoms with Crippen LogP contribution in [0.1, 0.15) is 32.8 Å². The van der Waals surface area contributed by atoms with Crippen molar-refractivity contribution < 1.29 is 9.53 Å². The lowest BCUT2D eigenvalue weighted by atomic mass is 10.2. The lowest BCUT2D eigenvalue weighted by Crippen LogP contribution is -2.35. The minimum absolute atomic E-state index is 0.169. The van der Waals surface area contributed by atoms with Crippen LogP contribution in [0, 0.1) is 0 Å². The molecule has 1 saturated heterocycles. The van der Waals surface area contributed by atoms with Gasteiger partial charge in [0, 0.05) is 19.3 Å². The van der Waals surface area contributed by atoms with Gasteiger partial charge in [-0.25, -0.2) is 4.79 Å². The Morgan fingerprint density at radius 1 is 1.35 bits per heavy atom. The number of aliphatic imine (C=N–C) groups is 1. The average molecular weight is 274 g/mol. The number of carbonyl (C=O) groups is 1. The van der Waals surface area contributed by atoms with Crippen molar-refractivity contribution in [3.63, 3.8) is 0 Å². The lowest BCUT2D eigenvalue weighted by Gasteiger charge is -2.24. The number of benzene rings is 1. The van der Waals surface area contributed by atoms with Gasteiger partial charge in [0.1, 0.15) is 5.60 Å². The van der Waals surface area contributed by atoms with Gasteiger partial charge in [0.2, 0.25) is 0 Å². The van der Waals surface area contributed by atoms with Gasteiger partial charge >= 0.3 is 6.09 Å². The van der Waals surface area contributed by atoms with E-state index < -0.39 is 5.60 Å². The second kappa shape index (κ2) is 6.07. The molecule has 4 nitrogen and oxygen atoms in total. The summed E-state index contributed by atoms with van der Waals surface area (Å²) in [5, 5.41) is 0. The van der Waals surface area contributed by atoms with E-state index in [1.165, 1.54) is 0 Å². The number of hydrogen-bond donors (Lipinski definition) is 0. The van der Waals surface area contributed by atoms with Gasteiger partial charge in [0.05, 0.1) is 6.04 Å². The van der Waals surface area contributed by atoms with Crippen LogP contribution in [-0.2, 0) is 4.74 Å². The second-order valence-electron chi connectivity index (χ2n) is 6.06. The van der Waals surface area contributed by atoms with Gasteiger partial charge in [0.15, 0.2) is 0 Å². The summed E-state index contributed by atoms with van der Waals surface area (Å²) in [6, 6.07) is 10.2. The van der Waals surface area contributed by atoms with Crippen molar-refractivity contribution in [2.45, 2.75) is 38.8 Å². The molecular weight excluding hydrogens is 252 g/mol. The molecule has 20 heavy (non-hydrogen) atoms. The zero-order valence-electron chi connectivity index (χ0n) is 12.4. The van der Waals surface area contributed by atoms with E-state index in [1.54, 1.807) is 4.90 Å². The highest BCUT2D eigenvalue weighted by molar-refractivity contribution is 5.79. The highest BCUT2D eigenvalue weighted by Gasteiger charge is 2.29. The van der Waals surface area contributed by atoms with Gasteiger partial charge in [-0.2, -0.15) is 0 Å². The summed E-state index contributed by atoms with van der Waals surface area (Å²) in [5.74, 6) is 0. The Bertz CT molecular complexity index is 477. The first kappa shape index (κ1) is 14.6. The maximum atomic E-state index is 11.9. The number of likely N-dealkylation sites (tertiary alicyclic amines) is 1. The molecule has 1 aliphatic rings. The van der Waals surface area contributed by atoms with Gasteiger partial charge in [-0.15, -0.1) is 0 Å². The Hall–Kier alpha value is -1.84. The number of nitrogens with zero attached hydrogens (tertiary/aromatic N) is 2. The molecule has 0 bridgehead atoms. The van der Waals surface area contributed by atoms with E-state index in [0.29, 0.717) is 13.1 Å². The minimum atomic E-state index is -0.442. The van der Waals surface area contributed by atoms with Crippen molar-refractivity contribution in [3.8, 4) is 0 Å². The van der Waals surface area contributed by atoms with E-state index in [1.807, 2.05) is 57.3 Å². The largest absolute Gasteiger partial charge is 0.444 e. The first-order valence-electron chi connectivity index (χ1n) is 7.00. The third-order valence-corrected chi connectivity index (χ3v) is 3.05. The average Bonchev–Trinajstić information content (AvgIpc) is 2.84. The SMILES string of the molecule is CC(C)(C)OC(=O)N1CCC(N=Cc2ccccc2)C1. The van der Waals surface area contributed by atoms with E-state index in [-0.39, 0.29) is 12.1 Å². The molecule has 4 heteroatoms. The molecule has 0 aromatic heterocycles. The summed E-state index contributed by atoms with van der Waals surface area (Å²) in [5.41, 5.74) is 0.644. The quantitative estimate of drug-likeness (QED) is 0.778. The predicted octanol–water partition coefficient (Wildman–Crippen LogP) is 3.11. The number of carbonyl (C=O) groups excluding carboxylic acids is 1. The first-order chi connectivity index (χ1) is 9.44. The van der Waals surface area contributed by atoms with E-state index in [2.05, 4.69) is 4.99 Å². The van der Waals surface area contributed by atoms with E-state index in [4.69, 9.17) is 4.74 Å². The van der Waals surface area contributed by atoms with E-state index in [9.17, 15) is 4.79 Å². The molecule has 1 heterocycles. The summed E-state index contributed by atoms with van der Waals surface area (Å²) in [4.78, 5) is 18.2. The molecule has 0 radical (unpaired) electrons. The minimum Gasteiger partial charge on any atom is -0.444 e. The molecular formula is C16H22N2O2. The molecule has 1 aromatic carbocycles. The van der Waals surface area contributed by atoms with Crippen molar-refractivity contribution in [1.82, 2.24) is 4.90 Å². The Balaban J connectivity index is 1.86. The zero-order valence-corrected chi connectivity index (χ0v) is 12.4. The van der Waals surface area contributed by atoms with Crippen LogP contribution < -0.4 is 0 Å². The summed E-state index contributed by atoms with van der Waals surface area (Å²) in [7, 11) is 0. The highest BCUT2D eigenvalue weighted by Crippen LogP contribution is 2.17. The van der Waals surface area contributed by atoms with Crippen LogP contribution in [-0.4, -0.2) is 41.9 Å². The lowest BCUT2D eigenvalue weighted by molar-refractivity contribution is 0.0293. The fourth-order valence-corrected chi connectivity index (χ4v) is 2.09. The van der Waals surface area contributed by atoms with Gasteiger partial charge in [-0.3, -0.25) is 4.99 Å². The van der Waals surface area contributed by atoms with Crippen molar-refractivity contribution in [2.24, 2.45) is 4.99 Å². The second-order valence-corrected chi connectivity index (χ2v) is 6.06. The Kier molecular flexibility index (Phi) is 4.42. The molecule has 1 aliphatic heterocycles. The molecule has 1 aromatic rings. The van der Waals surface area contributed by atoms with E-state index in [0.717, 1.165) is 12.0 Å². The normalized spacial score (nSPS) is 19.6. The number of ether oxygens (including phenoxy) is 1. The van der Waals surface area contributed by atoms with Crippen LogP contribution in [0.2, 0.25) is 0 Å². The van der Waals surface area contributed by atoms with Crippen LogP contribution in [0.3, 0.4) is 0 Å². The standard InChI is InChI=1S/C16H22N2O2/c1-16(2,3)20-15(19)18-10-9-14(12-18)17-11-13-7-5-4-6-8-13/h4-8,11,14H,9-10,12H2,1-3H3. The Labute approximate surface area is 120 Å². The van der Waals surface area contributed by atoms with Gasteiger partial charge in [0.25, 0.3) is 0 Å². The fraction of sp³-hybridized carbons (Fsp3) is 0.500. The zero-order chi connectivity index (χ0) is 14.6. The summed E-state index contributed by atoms with van der Waals surface area (Å²) >= 11 is 0. The van der Waals surface area contributed by atoms with Crippen molar-refractivity contribution in [2.75, 3.05) is 13.1 Å². The third kappa shape index (κ3) is 4.37. The van der Waals surface area contributed by atoms with Crippen molar-refractivity contribution in [3.05, 3.63) is 35.9 Å². The molecule has 0 N–H and O–H groups in total. The highest BCUT2D eigenvalue weighted by atomic mass is 16.6. The predicted molar refractivity (Wildman–Crippen MR) is 80.2 cm³/mol. The van der Waals surface area contributed by atoms with E-state index >= 15 is 0 Å². The van der Waals surface area contributed by atoms with Gasteiger partial charge in [-0.1, -0.05) is 30.3 Å². The van der Waals surface area contributed by atoms with Crippen LogP contribution in [0.25, 0.3) is 0 Å². The van der Waals surface area contributed by atoms with Crippen molar-refractivity contribution in [1.29, 1.82) is 0 Å².